The van der Waals surface area contributed by atoms with Gasteiger partial charge < -0.3 is 0 Å². The van der Waals surface area contributed by atoms with Crippen molar-refractivity contribution < 1.29 is 13.0 Å². The van der Waals surface area contributed by atoms with Gasteiger partial charge in [0.05, 0.1) is 0 Å². The first-order valence-corrected chi connectivity index (χ1v) is 6.71. The Morgan fingerprint density at radius 3 is 1.00 bits per heavy atom. The van der Waals surface area contributed by atoms with Gasteiger partial charge in [-0.3, -0.25) is 0 Å². The molecule has 0 aliphatic rings. The fourth-order valence-electron chi connectivity index (χ4n) is 0. The van der Waals surface area contributed by atoms with Crippen molar-refractivity contribution in [2.24, 2.45) is 0 Å². The van der Waals surface area contributed by atoms with Crippen LogP contribution in [-0.2, 0) is 13.0 Å². The van der Waals surface area contributed by atoms with E-state index in [-0.39, 0.29) is 12.4 Å². The van der Waals surface area contributed by atoms with Gasteiger partial charge in [-0.2, -0.15) is 0 Å². The van der Waals surface area contributed by atoms with Crippen LogP contribution >= 0.6 is 41.5 Å². The van der Waals surface area contributed by atoms with Crippen LogP contribution in [0.15, 0.2) is 0 Å². The van der Waals surface area contributed by atoms with Crippen LogP contribution in [0.2, 0.25) is 0 Å². The van der Waals surface area contributed by atoms with Crippen LogP contribution in [0.4, 0.5) is 0 Å². The fourth-order valence-corrected chi connectivity index (χ4v) is 0. The first-order valence-electron chi connectivity index (χ1n) is 0.378. The molecule has 0 radical (unpaired) electrons. The van der Waals surface area contributed by atoms with E-state index in [1.807, 2.05) is 0 Å². The summed E-state index contributed by atoms with van der Waals surface area (Å²) >= 11 is -1.66. The molecule has 0 aliphatic carbocycles. The summed E-state index contributed by atoms with van der Waals surface area (Å²) < 4.78 is 0. The molecule has 0 amide bonds. The third-order valence-electron chi connectivity index (χ3n) is 0. The zero-order valence-electron chi connectivity index (χ0n) is 1.88. The SMILES string of the molecule is Cl.[Cl][Rh]([Cl])[Cl]. The Morgan fingerprint density at radius 2 is 1.00 bits per heavy atom. The van der Waals surface area contributed by atoms with E-state index in [0.29, 0.717) is 0 Å². The van der Waals surface area contributed by atoms with Crippen molar-refractivity contribution in [1.82, 2.24) is 0 Å². The monoisotopic (exact) mass is 244 g/mol. The van der Waals surface area contributed by atoms with Crippen molar-refractivity contribution in [2.45, 2.75) is 0 Å². The molecule has 0 aromatic rings. The van der Waals surface area contributed by atoms with Crippen molar-refractivity contribution in [3.05, 3.63) is 0 Å². The zero-order chi connectivity index (χ0) is 3.58. The summed E-state index contributed by atoms with van der Waals surface area (Å²) in [5, 5.41) is 0. The van der Waals surface area contributed by atoms with Gasteiger partial charge in [-0.25, -0.2) is 0 Å². The van der Waals surface area contributed by atoms with Crippen LogP contribution < -0.4 is 0 Å². The van der Waals surface area contributed by atoms with E-state index < -0.39 is 13.0 Å². The molecule has 0 saturated carbocycles. The molecule has 0 saturated heterocycles. The minimum absolute atomic E-state index is 0. The number of hydrogen-bond acceptors (Lipinski definition) is 0. The van der Waals surface area contributed by atoms with E-state index in [0.717, 1.165) is 0 Å². The molecule has 0 aromatic carbocycles. The Kier molecular flexibility index (Phi) is 11.5. The van der Waals surface area contributed by atoms with Gasteiger partial charge in [-0.1, -0.05) is 0 Å². The number of rotatable bonds is 0. The van der Waals surface area contributed by atoms with Crippen LogP contribution in [0.5, 0.6) is 0 Å². The molecule has 5 heavy (non-hydrogen) atoms. The van der Waals surface area contributed by atoms with Crippen LogP contribution in [0.25, 0.3) is 0 Å². The van der Waals surface area contributed by atoms with Gasteiger partial charge in [0, 0.05) is 0 Å². The third kappa shape index (κ3) is 26.0. The van der Waals surface area contributed by atoms with Crippen LogP contribution in [-0.4, -0.2) is 0 Å². The Labute approximate surface area is 54.2 Å². The van der Waals surface area contributed by atoms with E-state index >= 15 is 0 Å². The normalized spacial score (nSPS) is 9.00. The van der Waals surface area contributed by atoms with E-state index in [4.69, 9.17) is 29.1 Å². The molecule has 0 heterocycles. The average molecular weight is 246 g/mol. The summed E-state index contributed by atoms with van der Waals surface area (Å²) in [5.74, 6) is 0. The number of halogens is 4. The molecule has 0 aromatic heterocycles. The predicted molar refractivity (Wildman–Crippen MR) is 24.8 cm³/mol. The summed E-state index contributed by atoms with van der Waals surface area (Å²) in [6.45, 7) is 0. The Balaban J connectivity index is 0. The van der Waals surface area contributed by atoms with Gasteiger partial charge in [-0.05, 0) is 0 Å². The van der Waals surface area contributed by atoms with Gasteiger partial charge in [0.1, 0.15) is 0 Å². The van der Waals surface area contributed by atoms with E-state index in [2.05, 4.69) is 0 Å². The first-order chi connectivity index (χ1) is 1.73. The van der Waals surface area contributed by atoms with Crippen molar-refractivity contribution in [3.8, 4) is 0 Å². The maximum absolute atomic E-state index is 4.94. The topological polar surface area (TPSA) is 0 Å². The second-order valence-electron chi connectivity index (χ2n) is 0.143. The van der Waals surface area contributed by atoms with E-state index in [1.54, 1.807) is 0 Å². The molecule has 0 aliphatic heterocycles. The fraction of sp³-hybridized carbons (Fsp3) is 0. The number of hydrogen-bond donors (Lipinski definition) is 0. The van der Waals surface area contributed by atoms with Crippen molar-refractivity contribution in [1.29, 1.82) is 0 Å². The third-order valence-corrected chi connectivity index (χ3v) is 0. The zero-order valence-corrected chi connectivity index (χ0v) is 6.60. The second-order valence-corrected chi connectivity index (χ2v) is 7.61. The summed E-state index contributed by atoms with van der Waals surface area (Å²) in [7, 11) is 14.8. The predicted octanol–water partition coefficient (Wildman–Crippen LogP) is 2.49. The average Bonchev–Trinajstić information content (AvgIpc) is 0.811. The molecule has 5 heteroatoms. The van der Waals surface area contributed by atoms with Gasteiger partial charge in [0.25, 0.3) is 0 Å². The van der Waals surface area contributed by atoms with Crippen molar-refractivity contribution >= 4 is 41.5 Å². The summed E-state index contributed by atoms with van der Waals surface area (Å²) in [5.41, 5.74) is 0. The van der Waals surface area contributed by atoms with Crippen molar-refractivity contribution in [2.75, 3.05) is 0 Å². The standard InChI is InChI=1S/4ClH.Rh/h4*1H;/q;;;;+3/p-3. The van der Waals surface area contributed by atoms with E-state index in [9.17, 15) is 0 Å². The van der Waals surface area contributed by atoms with Crippen molar-refractivity contribution in [3.63, 3.8) is 0 Å². The first kappa shape index (κ1) is 9.92. The second kappa shape index (κ2) is 5.78. The molecule has 0 N–H and O–H groups in total. The van der Waals surface area contributed by atoms with Crippen LogP contribution in [0.3, 0.4) is 0 Å². The molecule has 0 rings (SSSR count). The molecule has 0 nitrogen and oxygen atoms in total. The Morgan fingerprint density at radius 1 is 1.00 bits per heavy atom. The summed E-state index contributed by atoms with van der Waals surface area (Å²) in [4.78, 5) is 0. The van der Waals surface area contributed by atoms with Crippen LogP contribution in [0.1, 0.15) is 0 Å². The molecular formula is HCl4Rh. The molecule has 0 bridgehead atoms. The Hall–Kier alpha value is 1.78. The van der Waals surface area contributed by atoms with Gasteiger partial charge in [0.15, 0.2) is 0 Å². The molecule has 0 spiro atoms. The molecule has 0 unspecified atom stereocenters. The van der Waals surface area contributed by atoms with Gasteiger partial charge >= 0.3 is 42.1 Å². The molecule has 0 fully saturated rings. The molecular weight excluding hydrogens is 245 g/mol. The summed E-state index contributed by atoms with van der Waals surface area (Å²) in [6.07, 6.45) is 0. The molecule has 0 atom stereocenters. The molecule has 38 valence electrons. The summed E-state index contributed by atoms with van der Waals surface area (Å²) in [6, 6.07) is 0. The Bertz CT molecular complexity index is 8.36. The quantitative estimate of drug-likeness (QED) is 0.576. The van der Waals surface area contributed by atoms with Gasteiger partial charge in [-0.15, -0.1) is 12.4 Å². The minimum atomic E-state index is -1.66. The van der Waals surface area contributed by atoms with Crippen LogP contribution in [0, 0.1) is 0 Å². The van der Waals surface area contributed by atoms with Gasteiger partial charge in [0.2, 0.25) is 0 Å². The van der Waals surface area contributed by atoms with E-state index in [1.165, 1.54) is 0 Å². The maximum atomic E-state index is 4.94.